The number of hydrogen-bond donors (Lipinski definition) is 1. The Labute approximate surface area is 110 Å². The number of aromatic nitrogens is 3. The molecule has 2 heterocycles. The van der Waals surface area contributed by atoms with Crippen LogP contribution in [0.4, 0.5) is 0 Å². The number of rotatable bonds is 5. The van der Waals surface area contributed by atoms with E-state index in [1.165, 1.54) is 17.4 Å². The lowest BCUT2D eigenvalue weighted by Crippen LogP contribution is -2.14. The third-order valence-electron chi connectivity index (χ3n) is 1.98. The van der Waals surface area contributed by atoms with Crippen molar-refractivity contribution in [2.75, 3.05) is 5.75 Å². The van der Waals surface area contributed by atoms with Crippen LogP contribution >= 0.6 is 23.1 Å². The van der Waals surface area contributed by atoms with Crippen molar-refractivity contribution in [3.05, 3.63) is 39.2 Å². The van der Waals surface area contributed by atoms with Gasteiger partial charge in [0.25, 0.3) is 5.56 Å². The molecule has 0 atom stereocenters. The van der Waals surface area contributed by atoms with Crippen molar-refractivity contribution in [1.82, 2.24) is 14.5 Å². The van der Waals surface area contributed by atoms with E-state index in [-0.39, 0.29) is 11.3 Å². The summed E-state index contributed by atoms with van der Waals surface area (Å²) in [6.07, 6.45) is 3.34. The minimum Gasteiger partial charge on any atom is -0.481 e. The Hall–Kier alpha value is -1.67. The first-order valence-corrected chi connectivity index (χ1v) is 6.81. The Bertz CT molecular complexity index is 595. The van der Waals surface area contributed by atoms with E-state index in [0.717, 1.165) is 16.6 Å². The molecule has 0 aromatic carbocycles. The Morgan fingerprint density at radius 2 is 2.39 bits per heavy atom. The minimum absolute atomic E-state index is 0.126. The van der Waals surface area contributed by atoms with Gasteiger partial charge in [0, 0.05) is 23.3 Å². The zero-order valence-corrected chi connectivity index (χ0v) is 10.8. The summed E-state index contributed by atoms with van der Waals surface area (Å²) >= 11 is 2.52. The molecule has 0 fully saturated rings. The van der Waals surface area contributed by atoms with Gasteiger partial charge in [-0.1, -0.05) is 11.8 Å². The molecular formula is C10H9N3O3S2. The summed E-state index contributed by atoms with van der Waals surface area (Å²) in [5.41, 5.74) is 1.35. The van der Waals surface area contributed by atoms with Crippen molar-refractivity contribution in [3.8, 4) is 0 Å². The van der Waals surface area contributed by atoms with Crippen LogP contribution < -0.4 is 5.56 Å². The van der Waals surface area contributed by atoms with Crippen molar-refractivity contribution in [2.45, 2.75) is 11.7 Å². The number of carbonyl (C=O) groups is 1. The Balaban J connectivity index is 2.22. The maximum absolute atomic E-state index is 11.2. The van der Waals surface area contributed by atoms with Crippen molar-refractivity contribution >= 4 is 29.1 Å². The normalized spacial score (nSPS) is 10.4. The summed E-state index contributed by atoms with van der Waals surface area (Å²) in [5, 5.41) is 9.05. The van der Waals surface area contributed by atoms with Crippen LogP contribution in [0.5, 0.6) is 0 Å². The standard InChI is InChI=1S/C10H9N3O3S2/c14-8-1-2-13(4-7-3-11-6-18-7)10(12-8)17-5-9(15)16/h1-3,6H,4-5H2,(H,15,16). The Kier molecular flexibility index (Phi) is 4.11. The highest BCUT2D eigenvalue weighted by atomic mass is 32.2. The van der Waals surface area contributed by atoms with Crippen molar-refractivity contribution in [2.24, 2.45) is 0 Å². The second kappa shape index (κ2) is 5.78. The molecule has 18 heavy (non-hydrogen) atoms. The largest absolute Gasteiger partial charge is 0.481 e. The van der Waals surface area contributed by atoms with Crippen molar-refractivity contribution in [3.63, 3.8) is 0 Å². The van der Waals surface area contributed by atoms with Crippen LogP contribution in [0.15, 0.2) is 33.9 Å². The zero-order valence-electron chi connectivity index (χ0n) is 9.15. The molecular weight excluding hydrogens is 274 g/mol. The molecule has 2 rings (SSSR count). The highest BCUT2D eigenvalue weighted by molar-refractivity contribution is 7.99. The quantitative estimate of drug-likeness (QED) is 0.649. The van der Waals surface area contributed by atoms with E-state index >= 15 is 0 Å². The molecule has 0 saturated heterocycles. The molecule has 8 heteroatoms. The molecule has 0 amide bonds. The number of carboxylic acids is 1. The lowest BCUT2D eigenvalue weighted by atomic mass is 10.5. The molecule has 0 aliphatic heterocycles. The molecule has 2 aromatic rings. The number of aliphatic carboxylic acids is 1. The second-order valence-corrected chi connectivity index (χ2v) is 5.24. The summed E-state index contributed by atoms with van der Waals surface area (Å²) in [7, 11) is 0. The summed E-state index contributed by atoms with van der Waals surface area (Å²) in [6, 6.07) is 1.35. The predicted octanol–water partition coefficient (Wildman–Crippen LogP) is 0.925. The number of carboxylic acid groups (broad SMARTS) is 1. The van der Waals surface area contributed by atoms with E-state index in [1.54, 1.807) is 22.5 Å². The molecule has 0 unspecified atom stereocenters. The lowest BCUT2D eigenvalue weighted by molar-refractivity contribution is -0.133. The molecule has 0 spiro atoms. The van der Waals surface area contributed by atoms with E-state index in [4.69, 9.17) is 5.11 Å². The summed E-state index contributed by atoms with van der Waals surface area (Å²) in [4.78, 5) is 30.5. The first kappa shape index (κ1) is 12.8. The van der Waals surface area contributed by atoms with Gasteiger partial charge in [0.15, 0.2) is 5.16 Å². The Morgan fingerprint density at radius 1 is 1.56 bits per heavy atom. The SMILES string of the molecule is O=C(O)CSc1nc(=O)ccn1Cc1cncs1. The smallest absolute Gasteiger partial charge is 0.313 e. The van der Waals surface area contributed by atoms with E-state index in [2.05, 4.69) is 9.97 Å². The topological polar surface area (TPSA) is 85.1 Å². The average Bonchev–Trinajstić information content (AvgIpc) is 2.82. The van der Waals surface area contributed by atoms with E-state index < -0.39 is 5.97 Å². The monoisotopic (exact) mass is 283 g/mol. The maximum atomic E-state index is 11.2. The molecule has 0 aliphatic carbocycles. The third kappa shape index (κ3) is 3.41. The van der Waals surface area contributed by atoms with Gasteiger partial charge >= 0.3 is 5.97 Å². The molecule has 0 bridgehead atoms. The van der Waals surface area contributed by atoms with Gasteiger partial charge < -0.3 is 9.67 Å². The fourth-order valence-corrected chi connectivity index (χ4v) is 2.55. The highest BCUT2D eigenvalue weighted by Crippen LogP contribution is 2.16. The minimum atomic E-state index is -0.942. The first-order valence-electron chi connectivity index (χ1n) is 4.94. The molecule has 1 N–H and O–H groups in total. The van der Waals surface area contributed by atoms with E-state index in [9.17, 15) is 9.59 Å². The third-order valence-corrected chi connectivity index (χ3v) is 3.72. The molecule has 94 valence electrons. The maximum Gasteiger partial charge on any atom is 0.313 e. The van der Waals surface area contributed by atoms with Crippen LogP contribution in [0.2, 0.25) is 0 Å². The fraction of sp³-hybridized carbons (Fsp3) is 0.200. The van der Waals surface area contributed by atoms with Gasteiger partial charge in [0.2, 0.25) is 0 Å². The first-order chi connectivity index (χ1) is 8.65. The lowest BCUT2D eigenvalue weighted by Gasteiger charge is -2.09. The summed E-state index contributed by atoms with van der Waals surface area (Å²) in [6.45, 7) is 0.528. The highest BCUT2D eigenvalue weighted by Gasteiger charge is 2.07. The second-order valence-electron chi connectivity index (χ2n) is 3.33. The van der Waals surface area contributed by atoms with Crippen LogP contribution in [0.1, 0.15) is 4.88 Å². The number of thiazole rings is 1. The van der Waals surface area contributed by atoms with Crippen LogP contribution in [0, 0.1) is 0 Å². The van der Waals surface area contributed by atoms with Gasteiger partial charge in [0.1, 0.15) is 0 Å². The van der Waals surface area contributed by atoms with Gasteiger partial charge in [-0.3, -0.25) is 14.6 Å². The Morgan fingerprint density at radius 3 is 3.06 bits per heavy atom. The molecule has 0 aliphatic rings. The summed E-state index contributed by atoms with van der Waals surface area (Å²) < 4.78 is 1.74. The van der Waals surface area contributed by atoms with Gasteiger partial charge in [-0.2, -0.15) is 4.98 Å². The average molecular weight is 283 g/mol. The fourth-order valence-electron chi connectivity index (χ4n) is 1.26. The van der Waals surface area contributed by atoms with Crippen molar-refractivity contribution < 1.29 is 9.90 Å². The van der Waals surface area contributed by atoms with Gasteiger partial charge in [0.05, 0.1) is 17.8 Å². The van der Waals surface area contributed by atoms with Crippen LogP contribution in [-0.4, -0.2) is 31.4 Å². The molecule has 0 saturated carbocycles. The van der Waals surface area contributed by atoms with Gasteiger partial charge in [-0.15, -0.1) is 11.3 Å². The number of thioether (sulfide) groups is 1. The van der Waals surface area contributed by atoms with Gasteiger partial charge in [-0.25, -0.2) is 0 Å². The van der Waals surface area contributed by atoms with E-state index in [0.29, 0.717) is 11.7 Å². The van der Waals surface area contributed by atoms with Crippen LogP contribution in [0.3, 0.4) is 0 Å². The molecule has 6 nitrogen and oxygen atoms in total. The molecule has 0 radical (unpaired) electrons. The van der Waals surface area contributed by atoms with Gasteiger partial charge in [-0.05, 0) is 0 Å². The summed E-state index contributed by atoms with van der Waals surface area (Å²) in [5.74, 6) is -1.07. The number of nitrogens with zero attached hydrogens (tertiary/aromatic N) is 3. The molecule has 2 aromatic heterocycles. The van der Waals surface area contributed by atoms with Crippen LogP contribution in [0.25, 0.3) is 0 Å². The predicted molar refractivity (Wildman–Crippen MR) is 68.1 cm³/mol. The van der Waals surface area contributed by atoms with E-state index in [1.807, 2.05) is 0 Å². The van der Waals surface area contributed by atoms with Crippen LogP contribution in [-0.2, 0) is 11.3 Å². The van der Waals surface area contributed by atoms with Crippen molar-refractivity contribution in [1.29, 1.82) is 0 Å². The zero-order chi connectivity index (χ0) is 13.0. The number of hydrogen-bond acceptors (Lipinski definition) is 6.